The summed E-state index contributed by atoms with van der Waals surface area (Å²) >= 11 is 0. The molecule has 1 amide bonds. The molecule has 1 aliphatic rings. The van der Waals surface area contributed by atoms with Gasteiger partial charge < -0.3 is 10.0 Å². The van der Waals surface area contributed by atoms with Crippen LogP contribution in [0.4, 0.5) is 0 Å². The van der Waals surface area contributed by atoms with Gasteiger partial charge >= 0.3 is 0 Å². The maximum atomic E-state index is 12.6. The van der Waals surface area contributed by atoms with Crippen molar-refractivity contribution >= 4 is 5.91 Å². The average Bonchev–Trinajstić information content (AvgIpc) is 3.18. The van der Waals surface area contributed by atoms with Crippen LogP contribution in [-0.4, -0.2) is 54.8 Å². The van der Waals surface area contributed by atoms with E-state index in [2.05, 4.69) is 15.5 Å². The van der Waals surface area contributed by atoms with Crippen LogP contribution >= 0.6 is 0 Å². The first-order valence-electron chi connectivity index (χ1n) is 8.22. The Morgan fingerprint density at radius 1 is 1.38 bits per heavy atom. The van der Waals surface area contributed by atoms with Gasteiger partial charge in [0.1, 0.15) is 6.33 Å². The first-order chi connectivity index (χ1) is 11.4. The Morgan fingerprint density at radius 2 is 2.08 bits per heavy atom. The van der Waals surface area contributed by atoms with E-state index in [1.54, 1.807) is 9.58 Å². The molecule has 3 rings (SSSR count). The summed E-state index contributed by atoms with van der Waals surface area (Å²) in [6, 6.07) is 7.58. The summed E-state index contributed by atoms with van der Waals surface area (Å²) in [4.78, 5) is 14.3. The van der Waals surface area contributed by atoms with Crippen LogP contribution in [0.15, 0.2) is 30.6 Å². The number of tetrazole rings is 1. The van der Waals surface area contributed by atoms with E-state index >= 15 is 0 Å². The predicted molar refractivity (Wildman–Crippen MR) is 88.4 cm³/mol. The van der Waals surface area contributed by atoms with E-state index in [9.17, 15) is 9.90 Å². The molecule has 0 aliphatic carbocycles. The van der Waals surface area contributed by atoms with Crippen molar-refractivity contribution in [3.8, 4) is 5.69 Å². The van der Waals surface area contributed by atoms with Crippen LogP contribution in [0.2, 0.25) is 0 Å². The maximum Gasteiger partial charge on any atom is 0.227 e. The number of aromatic nitrogens is 4. The van der Waals surface area contributed by atoms with Crippen molar-refractivity contribution in [2.75, 3.05) is 13.1 Å². The van der Waals surface area contributed by atoms with Crippen molar-refractivity contribution in [3.63, 3.8) is 0 Å². The molecule has 0 spiro atoms. The first-order valence-corrected chi connectivity index (χ1v) is 8.22. The first kappa shape index (κ1) is 16.6. The van der Waals surface area contributed by atoms with Gasteiger partial charge in [-0.15, -0.1) is 5.10 Å². The summed E-state index contributed by atoms with van der Waals surface area (Å²) in [5, 5.41) is 21.8. The van der Waals surface area contributed by atoms with Gasteiger partial charge in [-0.2, -0.15) is 0 Å². The second-order valence-electron chi connectivity index (χ2n) is 6.92. The molecule has 2 atom stereocenters. The van der Waals surface area contributed by atoms with E-state index in [4.69, 9.17) is 0 Å². The summed E-state index contributed by atoms with van der Waals surface area (Å²) < 4.78 is 1.57. The van der Waals surface area contributed by atoms with Gasteiger partial charge in [-0.1, -0.05) is 32.9 Å². The Hall–Kier alpha value is -2.28. The molecule has 1 saturated heterocycles. The zero-order valence-corrected chi connectivity index (χ0v) is 14.3. The van der Waals surface area contributed by atoms with Crippen molar-refractivity contribution in [2.24, 2.45) is 11.8 Å². The third kappa shape index (κ3) is 3.03. The standard InChI is InChI=1S/C17H23N5O2/c1-12(2)17(24)10-21(9-13(17)3)16(23)8-14-4-6-15(7-5-14)22-11-18-19-20-22/h4-7,11-13,24H,8-10H2,1-3H3/t13-,17-/m1/s1. The lowest BCUT2D eigenvalue weighted by atomic mass is 9.82. The highest BCUT2D eigenvalue weighted by Crippen LogP contribution is 2.34. The number of nitrogens with zero attached hydrogens (tertiary/aromatic N) is 5. The molecule has 2 heterocycles. The number of carbonyl (C=O) groups excluding carboxylic acids is 1. The van der Waals surface area contributed by atoms with Crippen LogP contribution in [0.25, 0.3) is 5.69 Å². The second kappa shape index (κ2) is 6.32. The molecule has 2 aromatic rings. The van der Waals surface area contributed by atoms with Crippen LogP contribution in [-0.2, 0) is 11.2 Å². The lowest BCUT2D eigenvalue weighted by Crippen LogP contribution is -2.43. The van der Waals surface area contributed by atoms with E-state index in [1.807, 2.05) is 45.0 Å². The van der Waals surface area contributed by atoms with Gasteiger partial charge in [-0.3, -0.25) is 4.79 Å². The molecule has 24 heavy (non-hydrogen) atoms. The van der Waals surface area contributed by atoms with Crippen molar-refractivity contribution in [1.82, 2.24) is 25.1 Å². The fraction of sp³-hybridized carbons (Fsp3) is 0.529. The molecule has 7 nitrogen and oxygen atoms in total. The summed E-state index contributed by atoms with van der Waals surface area (Å²) in [6.07, 6.45) is 1.86. The van der Waals surface area contributed by atoms with Crippen LogP contribution < -0.4 is 0 Å². The van der Waals surface area contributed by atoms with Crippen LogP contribution in [0.1, 0.15) is 26.3 Å². The number of aliphatic hydroxyl groups is 1. The number of benzene rings is 1. The highest BCUT2D eigenvalue weighted by Gasteiger charge is 2.46. The molecule has 0 radical (unpaired) electrons. The molecule has 1 aliphatic heterocycles. The smallest absolute Gasteiger partial charge is 0.227 e. The largest absolute Gasteiger partial charge is 0.387 e. The molecule has 1 aromatic heterocycles. The molecular formula is C17H23N5O2. The van der Waals surface area contributed by atoms with Gasteiger partial charge in [-0.05, 0) is 34.0 Å². The molecule has 1 fully saturated rings. The van der Waals surface area contributed by atoms with Crippen LogP contribution in [0.3, 0.4) is 0 Å². The average molecular weight is 329 g/mol. The Kier molecular flexibility index (Phi) is 4.36. The summed E-state index contributed by atoms with van der Waals surface area (Å²) in [6.45, 7) is 7.03. The number of hydrogen-bond donors (Lipinski definition) is 1. The molecule has 0 saturated carbocycles. The summed E-state index contributed by atoms with van der Waals surface area (Å²) in [5.41, 5.74) is 0.990. The number of β-amino-alcohol motifs (C(OH)–C–C–N with tert-alkyl or cyclic N) is 1. The number of amides is 1. The van der Waals surface area contributed by atoms with E-state index in [1.165, 1.54) is 6.33 Å². The minimum atomic E-state index is -0.792. The predicted octanol–water partition coefficient (Wildman–Crippen LogP) is 1.07. The molecular weight excluding hydrogens is 306 g/mol. The minimum Gasteiger partial charge on any atom is -0.387 e. The third-order valence-corrected chi connectivity index (χ3v) is 5.05. The molecule has 0 bridgehead atoms. The summed E-state index contributed by atoms with van der Waals surface area (Å²) in [7, 11) is 0. The van der Waals surface area contributed by atoms with Crippen LogP contribution in [0.5, 0.6) is 0 Å². The van der Waals surface area contributed by atoms with E-state index < -0.39 is 5.60 Å². The topological polar surface area (TPSA) is 84.1 Å². The van der Waals surface area contributed by atoms with E-state index in [0.717, 1.165) is 11.3 Å². The van der Waals surface area contributed by atoms with E-state index in [-0.39, 0.29) is 17.7 Å². The molecule has 128 valence electrons. The van der Waals surface area contributed by atoms with Gasteiger partial charge in [0.15, 0.2) is 0 Å². The molecule has 1 aromatic carbocycles. The lowest BCUT2D eigenvalue weighted by Gasteiger charge is -2.31. The van der Waals surface area contributed by atoms with Gasteiger partial charge in [0, 0.05) is 19.0 Å². The Morgan fingerprint density at radius 3 is 2.62 bits per heavy atom. The third-order valence-electron chi connectivity index (χ3n) is 5.05. The molecule has 1 N–H and O–H groups in total. The van der Waals surface area contributed by atoms with Crippen molar-refractivity contribution in [3.05, 3.63) is 36.2 Å². The molecule has 7 heteroatoms. The van der Waals surface area contributed by atoms with Crippen molar-refractivity contribution < 1.29 is 9.90 Å². The fourth-order valence-corrected chi connectivity index (χ4v) is 3.29. The zero-order valence-electron chi connectivity index (χ0n) is 14.3. The van der Waals surface area contributed by atoms with Crippen molar-refractivity contribution in [1.29, 1.82) is 0 Å². The molecule has 0 unspecified atom stereocenters. The normalized spacial score (nSPS) is 23.9. The lowest BCUT2D eigenvalue weighted by molar-refractivity contribution is -0.130. The zero-order chi connectivity index (χ0) is 17.3. The maximum absolute atomic E-state index is 12.6. The number of hydrogen-bond acceptors (Lipinski definition) is 5. The van der Waals surface area contributed by atoms with Gasteiger partial charge in [0.05, 0.1) is 17.7 Å². The Labute approximate surface area is 141 Å². The highest BCUT2D eigenvalue weighted by atomic mass is 16.3. The summed E-state index contributed by atoms with van der Waals surface area (Å²) in [5.74, 6) is 0.262. The SMILES string of the molecule is CC(C)[C@]1(O)CN(C(=O)Cc2ccc(-n3cnnn3)cc2)C[C@H]1C. The number of carbonyl (C=O) groups is 1. The monoisotopic (exact) mass is 329 g/mol. The van der Waals surface area contributed by atoms with E-state index in [0.29, 0.717) is 19.5 Å². The number of likely N-dealkylation sites (tertiary alicyclic amines) is 1. The fourth-order valence-electron chi connectivity index (χ4n) is 3.29. The Balaban J connectivity index is 1.65. The number of rotatable bonds is 4. The van der Waals surface area contributed by atoms with Crippen LogP contribution in [0, 0.1) is 11.8 Å². The Bertz CT molecular complexity index is 698. The quantitative estimate of drug-likeness (QED) is 0.907. The van der Waals surface area contributed by atoms with Gasteiger partial charge in [0.25, 0.3) is 0 Å². The second-order valence-corrected chi connectivity index (χ2v) is 6.92. The minimum absolute atomic E-state index is 0.0496. The van der Waals surface area contributed by atoms with Gasteiger partial charge in [0.2, 0.25) is 5.91 Å². The highest BCUT2D eigenvalue weighted by molar-refractivity contribution is 5.79. The van der Waals surface area contributed by atoms with Gasteiger partial charge in [-0.25, -0.2) is 4.68 Å². The van der Waals surface area contributed by atoms with Crippen molar-refractivity contribution in [2.45, 2.75) is 32.8 Å².